The summed E-state index contributed by atoms with van der Waals surface area (Å²) in [6.45, 7) is 0. The molecule has 0 unspecified atom stereocenters. The molecule has 6 heteroatoms. The van der Waals surface area contributed by atoms with E-state index in [0.717, 1.165) is 55.3 Å². The molecule has 4 aromatic heterocycles. The van der Waals surface area contributed by atoms with Crippen LogP contribution in [-0.2, 0) is 0 Å². The summed E-state index contributed by atoms with van der Waals surface area (Å²) < 4.78 is 11.7. The van der Waals surface area contributed by atoms with Crippen LogP contribution < -0.4 is 0 Å². The third-order valence-electron chi connectivity index (χ3n) is 9.82. The van der Waals surface area contributed by atoms with E-state index in [1.165, 1.54) is 30.9 Å². The predicted octanol–water partition coefficient (Wildman–Crippen LogP) is 12.2. The second-order valence-corrected chi connectivity index (χ2v) is 13.8. The maximum atomic E-state index is 6.80. The zero-order chi connectivity index (χ0) is 33.5. The number of hydrogen-bond acceptors (Lipinski definition) is 5. The Morgan fingerprint density at radius 1 is 0.471 bits per heavy atom. The minimum atomic E-state index is 0.621. The van der Waals surface area contributed by atoms with Crippen LogP contribution in [0.25, 0.3) is 104 Å². The highest BCUT2D eigenvalue weighted by molar-refractivity contribution is 7.27. The van der Waals surface area contributed by atoms with Gasteiger partial charge in [-0.25, -0.2) is 15.0 Å². The highest BCUT2D eigenvalue weighted by atomic mass is 32.1. The lowest BCUT2D eigenvalue weighted by molar-refractivity contribution is 0.673. The number of fused-ring (bicyclic) bond motifs is 12. The molecule has 0 aliphatic carbocycles. The van der Waals surface area contributed by atoms with Gasteiger partial charge in [0.1, 0.15) is 11.2 Å². The molecule has 0 saturated heterocycles. The van der Waals surface area contributed by atoms with Crippen molar-refractivity contribution in [2.24, 2.45) is 0 Å². The van der Waals surface area contributed by atoms with Gasteiger partial charge >= 0.3 is 0 Å². The van der Waals surface area contributed by atoms with Crippen molar-refractivity contribution in [2.75, 3.05) is 0 Å². The average molecular weight is 671 g/mol. The van der Waals surface area contributed by atoms with E-state index in [0.29, 0.717) is 17.5 Å². The molecule has 0 spiro atoms. The summed E-state index contributed by atoms with van der Waals surface area (Å²) in [4.78, 5) is 15.0. The molecule has 0 N–H and O–H groups in total. The average Bonchev–Trinajstić information content (AvgIpc) is 3.88. The highest BCUT2D eigenvalue weighted by Crippen LogP contribution is 2.50. The molecule has 5 nitrogen and oxygen atoms in total. The van der Waals surface area contributed by atoms with Gasteiger partial charge in [0.2, 0.25) is 0 Å². The monoisotopic (exact) mass is 670 g/mol. The van der Waals surface area contributed by atoms with Crippen molar-refractivity contribution in [3.8, 4) is 39.9 Å². The van der Waals surface area contributed by atoms with E-state index >= 15 is 0 Å². The van der Waals surface area contributed by atoms with Crippen molar-refractivity contribution in [1.82, 2.24) is 19.5 Å². The highest BCUT2D eigenvalue weighted by Gasteiger charge is 2.25. The van der Waals surface area contributed by atoms with Gasteiger partial charge in [0, 0.05) is 58.7 Å². The van der Waals surface area contributed by atoms with Gasteiger partial charge in [0.05, 0.1) is 16.4 Å². The summed E-state index contributed by atoms with van der Waals surface area (Å²) in [5.41, 5.74) is 7.89. The fourth-order valence-electron chi connectivity index (χ4n) is 7.60. The summed E-state index contributed by atoms with van der Waals surface area (Å²) in [7, 11) is 0. The Morgan fingerprint density at radius 3 is 1.80 bits per heavy atom. The molecule has 51 heavy (non-hydrogen) atoms. The van der Waals surface area contributed by atoms with Crippen LogP contribution in [0, 0.1) is 0 Å². The molecular formula is C45H26N4OS. The Hall–Kier alpha value is -6.63. The smallest absolute Gasteiger partial charge is 0.164 e. The van der Waals surface area contributed by atoms with Crippen LogP contribution in [0.15, 0.2) is 162 Å². The molecule has 0 bridgehead atoms. The van der Waals surface area contributed by atoms with Crippen molar-refractivity contribution in [1.29, 1.82) is 0 Å². The number of nitrogens with zero attached hydrogens (tertiary/aromatic N) is 4. The molecule has 4 heterocycles. The van der Waals surface area contributed by atoms with Crippen LogP contribution in [-0.4, -0.2) is 19.5 Å². The number of furan rings is 1. The molecule has 238 valence electrons. The second kappa shape index (κ2) is 10.9. The Kier molecular flexibility index (Phi) is 6.05. The van der Waals surface area contributed by atoms with Gasteiger partial charge in [-0.1, -0.05) is 127 Å². The number of rotatable bonds is 4. The summed E-state index contributed by atoms with van der Waals surface area (Å²) in [5, 5.41) is 7.07. The third-order valence-corrected chi connectivity index (χ3v) is 11.0. The quantitative estimate of drug-likeness (QED) is 0.187. The van der Waals surface area contributed by atoms with Crippen molar-refractivity contribution in [3.05, 3.63) is 158 Å². The zero-order valence-corrected chi connectivity index (χ0v) is 27.9. The zero-order valence-electron chi connectivity index (χ0n) is 27.1. The van der Waals surface area contributed by atoms with Crippen LogP contribution in [0.3, 0.4) is 0 Å². The number of benzene rings is 7. The first-order valence-corrected chi connectivity index (χ1v) is 17.8. The summed E-state index contributed by atoms with van der Waals surface area (Å²) in [5.74, 6) is 1.90. The van der Waals surface area contributed by atoms with E-state index in [1.54, 1.807) is 0 Å². The lowest BCUT2D eigenvalue weighted by atomic mass is 10.0. The Labute approximate surface area is 295 Å². The Morgan fingerprint density at radius 2 is 1.06 bits per heavy atom. The van der Waals surface area contributed by atoms with Gasteiger partial charge < -0.3 is 8.98 Å². The molecule has 0 aliphatic rings. The SMILES string of the molecule is c1ccc(-c2nc(-c3ccccc3)nc(-c3cccc(-n4c5ccccc5c5c6sc7ccccc7c6c6oc7ccccc7c6c54)c3)n2)cc1. The predicted molar refractivity (Wildman–Crippen MR) is 211 cm³/mol. The molecule has 0 radical (unpaired) electrons. The van der Waals surface area contributed by atoms with E-state index in [2.05, 4.69) is 95.6 Å². The van der Waals surface area contributed by atoms with Crippen LogP contribution in [0.5, 0.6) is 0 Å². The van der Waals surface area contributed by atoms with Crippen LogP contribution in [0.1, 0.15) is 0 Å². The maximum absolute atomic E-state index is 6.80. The lowest BCUT2D eigenvalue weighted by Gasteiger charge is -2.12. The van der Waals surface area contributed by atoms with Gasteiger partial charge in [-0.2, -0.15) is 0 Å². The van der Waals surface area contributed by atoms with Gasteiger partial charge in [-0.15, -0.1) is 11.3 Å². The van der Waals surface area contributed by atoms with E-state index in [-0.39, 0.29) is 0 Å². The number of aromatic nitrogens is 4. The third kappa shape index (κ3) is 4.24. The first-order valence-electron chi connectivity index (χ1n) is 17.0. The first kappa shape index (κ1) is 28.2. The van der Waals surface area contributed by atoms with Crippen LogP contribution in [0.2, 0.25) is 0 Å². The number of para-hydroxylation sites is 2. The van der Waals surface area contributed by atoms with Gasteiger partial charge in [-0.05, 0) is 30.3 Å². The van der Waals surface area contributed by atoms with Gasteiger partial charge in [0.25, 0.3) is 0 Å². The molecule has 11 aromatic rings. The number of hydrogen-bond donors (Lipinski definition) is 0. The van der Waals surface area contributed by atoms with E-state index in [1.807, 2.05) is 78.1 Å². The summed E-state index contributed by atoms with van der Waals surface area (Å²) in [6, 6.07) is 54.6. The van der Waals surface area contributed by atoms with Crippen LogP contribution >= 0.6 is 11.3 Å². The van der Waals surface area contributed by atoms with Crippen molar-refractivity contribution in [3.63, 3.8) is 0 Å². The largest absolute Gasteiger partial charge is 0.455 e. The molecule has 0 atom stereocenters. The number of thiophene rings is 1. The maximum Gasteiger partial charge on any atom is 0.164 e. The minimum absolute atomic E-state index is 0.621. The van der Waals surface area contributed by atoms with E-state index < -0.39 is 0 Å². The summed E-state index contributed by atoms with van der Waals surface area (Å²) >= 11 is 1.84. The molecule has 0 aliphatic heterocycles. The minimum Gasteiger partial charge on any atom is -0.455 e. The fourth-order valence-corrected chi connectivity index (χ4v) is 8.86. The van der Waals surface area contributed by atoms with Crippen molar-refractivity contribution >= 4 is 75.3 Å². The molecule has 11 rings (SSSR count). The van der Waals surface area contributed by atoms with Crippen molar-refractivity contribution in [2.45, 2.75) is 0 Å². The van der Waals surface area contributed by atoms with Crippen molar-refractivity contribution < 1.29 is 4.42 Å². The normalized spacial score (nSPS) is 11.9. The van der Waals surface area contributed by atoms with E-state index in [4.69, 9.17) is 19.4 Å². The van der Waals surface area contributed by atoms with Crippen LogP contribution in [0.4, 0.5) is 0 Å². The molecular weight excluding hydrogens is 645 g/mol. The molecule has 0 fully saturated rings. The lowest BCUT2D eigenvalue weighted by Crippen LogP contribution is -2.01. The van der Waals surface area contributed by atoms with Gasteiger partial charge in [-0.3, -0.25) is 0 Å². The Bertz CT molecular complexity index is 3050. The first-order chi connectivity index (χ1) is 25.3. The topological polar surface area (TPSA) is 56.7 Å². The fraction of sp³-hybridized carbons (Fsp3) is 0. The van der Waals surface area contributed by atoms with E-state index in [9.17, 15) is 0 Å². The van der Waals surface area contributed by atoms with Gasteiger partial charge in [0.15, 0.2) is 17.5 Å². The summed E-state index contributed by atoms with van der Waals surface area (Å²) in [6.07, 6.45) is 0. The standard InChI is InChI=1S/C45H26N4OS/c1-3-14-27(15-4-1)43-46-44(28-16-5-2-6-17-28)48-45(47-43)29-18-13-19-30(26-29)49-34-23-10-7-20-31(34)38-40(49)37-32-21-8-11-24-35(32)50-41(37)39-33-22-9-12-25-36(33)51-42(38)39/h1-26H. The second-order valence-electron chi connectivity index (χ2n) is 12.8. The Balaban J connectivity index is 1.24. The molecule has 0 saturated carbocycles. The molecule has 0 amide bonds. The molecule has 7 aromatic carbocycles.